The largest absolute Gasteiger partial charge is 0.370 e. The molecule has 0 spiro atoms. The summed E-state index contributed by atoms with van der Waals surface area (Å²) in [4.78, 5) is 16.2. The zero-order valence-electron chi connectivity index (χ0n) is 12.5. The maximum atomic E-state index is 12.0. The molecule has 21 heavy (non-hydrogen) atoms. The van der Waals surface area contributed by atoms with Crippen molar-refractivity contribution in [3.8, 4) is 0 Å². The van der Waals surface area contributed by atoms with E-state index in [0.29, 0.717) is 6.04 Å². The molecule has 118 valence electrons. The molecule has 0 aliphatic carbocycles. The number of amides is 1. The number of nitrogens with zero attached hydrogens (tertiary/aromatic N) is 1. The predicted octanol–water partition coefficient (Wildman–Crippen LogP) is 1.81. The molecule has 0 unspecified atom stereocenters. The number of carbonyl (C=O) groups excluding carboxylic acids is 1. The van der Waals surface area contributed by atoms with Gasteiger partial charge in [-0.25, -0.2) is 4.98 Å². The van der Waals surface area contributed by atoms with Gasteiger partial charge in [0.1, 0.15) is 5.82 Å². The highest BCUT2D eigenvalue weighted by Crippen LogP contribution is 2.15. The van der Waals surface area contributed by atoms with Crippen molar-refractivity contribution in [2.45, 2.75) is 32.2 Å². The first-order valence-electron chi connectivity index (χ1n) is 7.41. The van der Waals surface area contributed by atoms with Gasteiger partial charge in [-0.1, -0.05) is 6.07 Å². The molecule has 1 aromatic rings. The minimum Gasteiger partial charge on any atom is -0.370 e. The van der Waals surface area contributed by atoms with Crippen LogP contribution in [0.4, 0.5) is 5.82 Å². The molecule has 6 heteroatoms. The van der Waals surface area contributed by atoms with E-state index in [0.717, 1.165) is 44.7 Å². The maximum absolute atomic E-state index is 12.0. The summed E-state index contributed by atoms with van der Waals surface area (Å²) in [5.41, 5.74) is 0. The van der Waals surface area contributed by atoms with Crippen molar-refractivity contribution in [1.29, 1.82) is 0 Å². The van der Waals surface area contributed by atoms with Crippen molar-refractivity contribution in [2.24, 2.45) is 5.92 Å². The lowest BCUT2D eigenvalue weighted by molar-refractivity contribution is -0.126. The summed E-state index contributed by atoms with van der Waals surface area (Å²) in [5, 5.41) is 9.63. The lowest BCUT2D eigenvalue weighted by Gasteiger charge is -2.27. The van der Waals surface area contributed by atoms with Crippen molar-refractivity contribution in [3.63, 3.8) is 0 Å². The smallest absolute Gasteiger partial charge is 0.223 e. The highest BCUT2D eigenvalue weighted by atomic mass is 35.5. The Morgan fingerprint density at radius 2 is 2.29 bits per heavy atom. The van der Waals surface area contributed by atoms with E-state index in [1.807, 2.05) is 18.2 Å². The number of carbonyl (C=O) groups is 1. The fourth-order valence-corrected chi connectivity index (χ4v) is 2.50. The van der Waals surface area contributed by atoms with Gasteiger partial charge in [0, 0.05) is 31.2 Å². The third-order valence-electron chi connectivity index (χ3n) is 3.62. The van der Waals surface area contributed by atoms with E-state index in [4.69, 9.17) is 0 Å². The van der Waals surface area contributed by atoms with Crippen molar-refractivity contribution in [2.75, 3.05) is 25.0 Å². The molecular weight excluding hydrogens is 288 g/mol. The molecule has 1 amide bonds. The predicted molar refractivity (Wildman–Crippen MR) is 87.8 cm³/mol. The lowest BCUT2D eigenvalue weighted by atomic mass is 9.92. The number of nitrogens with one attached hydrogen (secondary N) is 3. The van der Waals surface area contributed by atoms with E-state index >= 15 is 0 Å². The van der Waals surface area contributed by atoms with Gasteiger partial charge in [0.2, 0.25) is 5.91 Å². The summed E-state index contributed by atoms with van der Waals surface area (Å²) in [6, 6.07) is 6.24. The Morgan fingerprint density at radius 1 is 1.43 bits per heavy atom. The average molecular weight is 313 g/mol. The number of pyridine rings is 1. The zero-order chi connectivity index (χ0) is 14.2. The van der Waals surface area contributed by atoms with Gasteiger partial charge < -0.3 is 16.0 Å². The number of piperidine rings is 1. The normalized spacial score (nSPS) is 21.2. The third-order valence-corrected chi connectivity index (χ3v) is 3.62. The first kappa shape index (κ1) is 17.7. The monoisotopic (exact) mass is 312 g/mol. The molecule has 1 aliphatic heterocycles. The second-order valence-electron chi connectivity index (χ2n) is 5.36. The van der Waals surface area contributed by atoms with Crippen LogP contribution in [-0.2, 0) is 4.79 Å². The van der Waals surface area contributed by atoms with E-state index in [-0.39, 0.29) is 24.2 Å². The highest BCUT2D eigenvalue weighted by molar-refractivity contribution is 5.85. The molecule has 1 saturated heterocycles. The fraction of sp³-hybridized carbons (Fsp3) is 0.600. The van der Waals surface area contributed by atoms with Crippen LogP contribution in [0.1, 0.15) is 26.2 Å². The molecule has 5 nitrogen and oxygen atoms in total. The Kier molecular flexibility index (Phi) is 8.08. The number of hydrogen-bond acceptors (Lipinski definition) is 4. The Hall–Kier alpha value is -1.33. The van der Waals surface area contributed by atoms with Gasteiger partial charge in [0.05, 0.1) is 0 Å². The first-order chi connectivity index (χ1) is 9.75. The number of hydrogen-bond donors (Lipinski definition) is 3. The van der Waals surface area contributed by atoms with Crippen LogP contribution in [0.25, 0.3) is 0 Å². The van der Waals surface area contributed by atoms with E-state index in [1.54, 1.807) is 6.20 Å². The van der Waals surface area contributed by atoms with Gasteiger partial charge >= 0.3 is 0 Å². The second kappa shape index (κ2) is 9.58. The number of rotatable bonds is 6. The first-order valence-corrected chi connectivity index (χ1v) is 7.41. The fourth-order valence-electron chi connectivity index (χ4n) is 2.50. The van der Waals surface area contributed by atoms with Crippen LogP contribution in [0.3, 0.4) is 0 Å². The van der Waals surface area contributed by atoms with Gasteiger partial charge in [-0.05, 0) is 44.9 Å². The molecule has 2 atom stereocenters. The van der Waals surface area contributed by atoms with E-state index in [9.17, 15) is 4.79 Å². The van der Waals surface area contributed by atoms with Crippen molar-refractivity contribution in [1.82, 2.24) is 15.6 Å². The van der Waals surface area contributed by atoms with Gasteiger partial charge in [0.15, 0.2) is 0 Å². The summed E-state index contributed by atoms with van der Waals surface area (Å²) in [7, 11) is 0. The third kappa shape index (κ3) is 6.31. The Balaban J connectivity index is 0.00000220. The Labute approximate surface area is 132 Å². The molecule has 1 aliphatic rings. The number of halogens is 1. The van der Waals surface area contributed by atoms with E-state index in [2.05, 4.69) is 27.9 Å². The van der Waals surface area contributed by atoms with Crippen LogP contribution in [-0.4, -0.2) is 36.6 Å². The summed E-state index contributed by atoms with van der Waals surface area (Å²) in [6.07, 6.45) is 4.56. The summed E-state index contributed by atoms with van der Waals surface area (Å²) >= 11 is 0. The highest BCUT2D eigenvalue weighted by Gasteiger charge is 2.23. The lowest BCUT2D eigenvalue weighted by Crippen LogP contribution is -2.42. The van der Waals surface area contributed by atoms with Crippen molar-refractivity contribution < 1.29 is 4.79 Å². The van der Waals surface area contributed by atoms with Crippen LogP contribution in [0, 0.1) is 5.92 Å². The molecule has 0 aromatic carbocycles. The molecule has 0 bridgehead atoms. The summed E-state index contributed by atoms with van der Waals surface area (Å²) < 4.78 is 0. The van der Waals surface area contributed by atoms with Gasteiger partial charge in [-0.3, -0.25) is 4.79 Å². The molecule has 2 rings (SSSR count). The van der Waals surface area contributed by atoms with Gasteiger partial charge in [0.25, 0.3) is 0 Å². The second-order valence-corrected chi connectivity index (χ2v) is 5.36. The minimum atomic E-state index is 0. The van der Waals surface area contributed by atoms with Crippen molar-refractivity contribution in [3.05, 3.63) is 24.4 Å². The van der Waals surface area contributed by atoms with Crippen LogP contribution >= 0.6 is 12.4 Å². The van der Waals surface area contributed by atoms with Crippen LogP contribution in [0.2, 0.25) is 0 Å². The summed E-state index contributed by atoms with van der Waals surface area (Å²) in [5.74, 6) is 1.26. The maximum Gasteiger partial charge on any atom is 0.223 e. The van der Waals surface area contributed by atoms with Gasteiger partial charge in [-0.15, -0.1) is 12.4 Å². The zero-order valence-corrected chi connectivity index (χ0v) is 13.3. The Bertz CT molecular complexity index is 415. The minimum absolute atomic E-state index is 0. The molecular formula is C15H25ClN4O. The van der Waals surface area contributed by atoms with Crippen LogP contribution in [0.5, 0.6) is 0 Å². The summed E-state index contributed by atoms with van der Waals surface area (Å²) in [6.45, 7) is 4.62. The molecule has 1 aromatic heterocycles. The van der Waals surface area contributed by atoms with Crippen molar-refractivity contribution >= 4 is 24.1 Å². The standard InChI is InChI=1S/C15H24N4O.ClH/c1-12-11-13(6-10-16-12)15(20)19-9-4-8-18-14-5-2-3-7-17-14;/h2-3,5,7,12-13,16H,4,6,8-11H2,1H3,(H,17,18)(H,19,20);1H/t12-,13-;/m0./s1. The quantitative estimate of drug-likeness (QED) is 0.701. The molecule has 1 fully saturated rings. The molecule has 3 N–H and O–H groups in total. The topological polar surface area (TPSA) is 66.0 Å². The van der Waals surface area contributed by atoms with Crippen LogP contribution in [0.15, 0.2) is 24.4 Å². The Morgan fingerprint density at radius 3 is 3.00 bits per heavy atom. The molecule has 0 saturated carbocycles. The number of anilines is 1. The number of aromatic nitrogens is 1. The SMILES string of the molecule is C[C@H]1C[C@@H](C(=O)NCCCNc2ccccn2)CCN1.Cl. The molecule has 2 heterocycles. The van der Waals surface area contributed by atoms with E-state index in [1.165, 1.54) is 0 Å². The van der Waals surface area contributed by atoms with Gasteiger partial charge in [-0.2, -0.15) is 0 Å². The average Bonchev–Trinajstić information content (AvgIpc) is 2.48. The van der Waals surface area contributed by atoms with E-state index < -0.39 is 0 Å². The molecule has 0 radical (unpaired) electrons. The van der Waals surface area contributed by atoms with Crippen LogP contribution < -0.4 is 16.0 Å².